The van der Waals surface area contributed by atoms with E-state index in [1.54, 1.807) is 44.4 Å². The number of hydrogen-bond acceptors (Lipinski definition) is 8. The summed E-state index contributed by atoms with van der Waals surface area (Å²) >= 11 is 6.32. The average molecular weight is 662 g/mol. The number of nitrogens with one attached hydrogen (secondary N) is 1. The number of benzene rings is 3. The fourth-order valence-corrected chi connectivity index (χ4v) is 6.30. The molecule has 45 heavy (non-hydrogen) atoms. The van der Waals surface area contributed by atoms with E-state index in [1.807, 2.05) is 13.8 Å². The minimum atomic E-state index is -4.45. The maximum absolute atomic E-state index is 14.4. The van der Waals surface area contributed by atoms with Crippen molar-refractivity contribution in [1.82, 2.24) is 10.2 Å². The molecule has 13 heteroatoms. The number of carbonyl (C=O) groups excluding carboxylic acids is 2. The fourth-order valence-electron chi connectivity index (χ4n) is 4.70. The van der Waals surface area contributed by atoms with Gasteiger partial charge in [-0.15, -0.1) is 0 Å². The number of nitrogens with zero attached hydrogens (tertiary/aromatic N) is 2. The molecule has 11 nitrogen and oxygen atoms in total. The van der Waals surface area contributed by atoms with Crippen LogP contribution in [0.15, 0.2) is 65.6 Å². The predicted molar refractivity (Wildman–Crippen MR) is 173 cm³/mol. The second kappa shape index (κ2) is 15.7. The molecule has 0 fully saturated rings. The van der Waals surface area contributed by atoms with Crippen molar-refractivity contribution in [2.75, 3.05) is 39.3 Å². The van der Waals surface area contributed by atoms with Gasteiger partial charge in [0.15, 0.2) is 11.5 Å². The van der Waals surface area contributed by atoms with Crippen molar-refractivity contribution in [3.8, 4) is 23.0 Å². The van der Waals surface area contributed by atoms with Crippen molar-refractivity contribution >= 4 is 39.1 Å². The molecule has 0 bridgehead atoms. The van der Waals surface area contributed by atoms with E-state index in [1.165, 1.54) is 56.6 Å². The van der Waals surface area contributed by atoms with Gasteiger partial charge in [-0.1, -0.05) is 30.7 Å². The maximum atomic E-state index is 14.4. The lowest BCUT2D eigenvalue weighted by Gasteiger charge is -2.34. The number of methoxy groups -OCH3 is 4. The van der Waals surface area contributed by atoms with Crippen LogP contribution < -0.4 is 28.6 Å². The van der Waals surface area contributed by atoms with Gasteiger partial charge >= 0.3 is 0 Å². The van der Waals surface area contributed by atoms with Crippen LogP contribution in [0.5, 0.6) is 23.0 Å². The van der Waals surface area contributed by atoms with E-state index < -0.39 is 28.5 Å². The van der Waals surface area contributed by atoms with Crippen LogP contribution in [0.4, 0.5) is 5.69 Å². The summed E-state index contributed by atoms with van der Waals surface area (Å²) in [7, 11) is 1.31. The normalized spacial score (nSPS) is 11.8. The molecular formula is C32H40ClN3O8S. The molecule has 0 saturated carbocycles. The van der Waals surface area contributed by atoms with Gasteiger partial charge in [0.2, 0.25) is 11.8 Å². The predicted octanol–water partition coefficient (Wildman–Crippen LogP) is 4.90. The molecule has 244 valence electrons. The molecule has 2 amide bonds. The number of anilines is 1. The van der Waals surface area contributed by atoms with Gasteiger partial charge in [-0.2, -0.15) is 0 Å². The summed E-state index contributed by atoms with van der Waals surface area (Å²) < 4.78 is 51.0. The SMILES string of the molecule is CCC(C(=O)NC(C)C)N(Cc1ccc(OC)cc1)C(=O)CN(c1cc(Cl)ccc1OC)S(=O)(=O)c1ccc(OC)c(OC)c1. The van der Waals surface area contributed by atoms with E-state index in [9.17, 15) is 18.0 Å². The molecule has 0 aliphatic heterocycles. The number of halogens is 1. The first-order chi connectivity index (χ1) is 21.4. The zero-order valence-corrected chi connectivity index (χ0v) is 28.1. The first-order valence-corrected chi connectivity index (χ1v) is 16.0. The van der Waals surface area contributed by atoms with Gasteiger partial charge < -0.3 is 29.2 Å². The van der Waals surface area contributed by atoms with Crippen LogP contribution in [0.2, 0.25) is 5.02 Å². The van der Waals surface area contributed by atoms with Gasteiger partial charge in [0.25, 0.3) is 10.0 Å². The van der Waals surface area contributed by atoms with Crippen LogP contribution >= 0.6 is 11.6 Å². The third kappa shape index (κ3) is 8.52. The van der Waals surface area contributed by atoms with Gasteiger partial charge in [0.1, 0.15) is 24.1 Å². The van der Waals surface area contributed by atoms with Crippen LogP contribution in [0.3, 0.4) is 0 Å². The third-order valence-corrected chi connectivity index (χ3v) is 8.95. The van der Waals surface area contributed by atoms with Crippen LogP contribution in [-0.2, 0) is 26.2 Å². The lowest BCUT2D eigenvalue weighted by Crippen LogP contribution is -2.53. The van der Waals surface area contributed by atoms with Crippen molar-refractivity contribution in [3.05, 3.63) is 71.2 Å². The summed E-state index contributed by atoms with van der Waals surface area (Å²) in [6.45, 7) is 4.79. The highest BCUT2D eigenvalue weighted by molar-refractivity contribution is 7.92. The Labute approximate surface area is 270 Å². The molecule has 3 aromatic carbocycles. The Hall–Kier alpha value is -4.16. The van der Waals surface area contributed by atoms with Gasteiger partial charge in [-0.25, -0.2) is 8.42 Å². The Morgan fingerprint density at radius 3 is 2.02 bits per heavy atom. The van der Waals surface area contributed by atoms with Crippen molar-refractivity contribution < 1.29 is 37.0 Å². The zero-order valence-electron chi connectivity index (χ0n) is 26.5. The van der Waals surface area contributed by atoms with Crippen LogP contribution in [-0.4, -0.2) is 72.2 Å². The lowest BCUT2D eigenvalue weighted by atomic mass is 10.1. The van der Waals surface area contributed by atoms with E-state index in [0.717, 1.165) is 9.87 Å². The molecule has 0 radical (unpaired) electrons. The average Bonchev–Trinajstić information content (AvgIpc) is 3.02. The Balaban J connectivity index is 2.17. The summed E-state index contributed by atoms with van der Waals surface area (Å²) in [5, 5.41) is 3.10. The molecule has 1 atom stereocenters. The maximum Gasteiger partial charge on any atom is 0.265 e. The molecule has 1 N–H and O–H groups in total. The van der Waals surface area contributed by atoms with Crippen molar-refractivity contribution in [1.29, 1.82) is 0 Å². The Morgan fingerprint density at radius 2 is 1.47 bits per heavy atom. The number of carbonyl (C=O) groups is 2. The number of ether oxygens (including phenoxy) is 4. The Kier molecular flexibility index (Phi) is 12.3. The molecule has 3 rings (SSSR count). The second-order valence-corrected chi connectivity index (χ2v) is 12.6. The summed E-state index contributed by atoms with van der Waals surface area (Å²) in [5.41, 5.74) is 0.756. The van der Waals surface area contributed by atoms with E-state index in [2.05, 4.69) is 5.32 Å². The molecule has 0 heterocycles. The molecule has 0 aliphatic rings. The minimum absolute atomic E-state index is 0.0315. The highest BCUT2D eigenvalue weighted by Crippen LogP contribution is 2.37. The number of rotatable bonds is 15. The number of hydrogen-bond donors (Lipinski definition) is 1. The van der Waals surface area contributed by atoms with Crippen LogP contribution in [0, 0.1) is 0 Å². The van der Waals surface area contributed by atoms with Crippen molar-refractivity contribution in [3.63, 3.8) is 0 Å². The highest BCUT2D eigenvalue weighted by Gasteiger charge is 2.35. The van der Waals surface area contributed by atoms with Crippen LogP contribution in [0.1, 0.15) is 32.8 Å². The molecular weight excluding hydrogens is 622 g/mol. The Bertz CT molecular complexity index is 1580. The fraction of sp³-hybridized carbons (Fsp3) is 0.375. The molecule has 1 unspecified atom stereocenters. The van der Waals surface area contributed by atoms with E-state index >= 15 is 0 Å². The van der Waals surface area contributed by atoms with E-state index in [-0.39, 0.29) is 52.0 Å². The van der Waals surface area contributed by atoms with E-state index in [4.69, 9.17) is 30.5 Å². The van der Waals surface area contributed by atoms with Crippen LogP contribution in [0.25, 0.3) is 0 Å². The summed E-state index contributed by atoms with van der Waals surface area (Å²) in [6, 6.07) is 14.6. The molecule has 0 saturated heterocycles. The topological polar surface area (TPSA) is 124 Å². The van der Waals surface area contributed by atoms with Gasteiger partial charge in [0, 0.05) is 23.7 Å². The standard InChI is InChI=1S/C32H40ClN3O8S/c1-8-26(32(38)34-21(2)3)35(19-22-9-12-24(41-4)13-10-22)31(37)20-36(27-17-23(33)11-15-28(27)42-5)45(39,40)25-14-16-29(43-6)30(18-25)44-7/h9-18,21,26H,8,19-20H2,1-7H3,(H,34,38). The first-order valence-electron chi connectivity index (χ1n) is 14.2. The minimum Gasteiger partial charge on any atom is -0.497 e. The smallest absolute Gasteiger partial charge is 0.265 e. The van der Waals surface area contributed by atoms with Gasteiger partial charge in [-0.05, 0) is 68.3 Å². The number of sulfonamides is 1. The highest BCUT2D eigenvalue weighted by atomic mass is 35.5. The zero-order chi connectivity index (χ0) is 33.3. The monoisotopic (exact) mass is 661 g/mol. The second-order valence-electron chi connectivity index (χ2n) is 10.3. The number of amides is 2. The summed E-state index contributed by atoms with van der Waals surface area (Å²) in [4.78, 5) is 28.9. The lowest BCUT2D eigenvalue weighted by molar-refractivity contribution is -0.140. The quantitative estimate of drug-likeness (QED) is 0.244. The van der Waals surface area contributed by atoms with Crippen molar-refractivity contribution in [2.45, 2.75) is 50.7 Å². The molecule has 0 aliphatic carbocycles. The largest absolute Gasteiger partial charge is 0.497 e. The molecule has 3 aromatic rings. The first kappa shape index (κ1) is 35.3. The van der Waals surface area contributed by atoms with Crippen molar-refractivity contribution in [2.24, 2.45) is 0 Å². The van der Waals surface area contributed by atoms with Gasteiger partial charge in [-0.3, -0.25) is 13.9 Å². The third-order valence-electron chi connectivity index (χ3n) is 6.96. The molecule has 0 aromatic heterocycles. The summed E-state index contributed by atoms with van der Waals surface area (Å²) in [5.74, 6) is 0.322. The van der Waals surface area contributed by atoms with Gasteiger partial charge in [0.05, 0.1) is 39.0 Å². The summed E-state index contributed by atoms with van der Waals surface area (Å²) in [6.07, 6.45) is 0.281. The van der Waals surface area contributed by atoms with E-state index in [0.29, 0.717) is 11.5 Å². The Morgan fingerprint density at radius 1 is 0.844 bits per heavy atom. The molecule has 0 spiro atoms.